The normalized spacial score (nSPS) is 17.9. The van der Waals surface area contributed by atoms with Gasteiger partial charge < -0.3 is 19.6 Å². The fourth-order valence-electron chi connectivity index (χ4n) is 3.84. The molecule has 1 heterocycles. The molecule has 2 aromatic rings. The fourth-order valence-corrected chi connectivity index (χ4v) is 3.84. The van der Waals surface area contributed by atoms with E-state index in [4.69, 9.17) is 4.74 Å². The van der Waals surface area contributed by atoms with E-state index in [1.54, 1.807) is 42.5 Å². The van der Waals surface area contributed by atoms with Crippen LogP contribution in [0.3, 0.4) is 0 Å². The predicted molar refractivity (Wildman–Crippen MR) is 125 cm³/mol. The van der Waals surface area contributed by atoms with Crippen molar-refractivity contribution in [3.63, 3.8) is 0 Å². The van der Waals surface area contributed by atoms with Crippen molar-refractivity contribution in [1.82, 2.24) is 9.80 Å². The number of halogens is 1. The zero-order valence-electron chi connectivity index (χ0n) is 19.5. The first kappa shape index (κ1) is 24.5. The van der Waals surface area contributed by atoms with Gasteiger partial charge in [-0.05, 0) is 51.2 Å². The number of Topliss-reactive ketones (excluding diaryl/α,β-unsaturated/α-hetero) is 1. The predicted octanol–water partition coefficient (Wildman–Crippen LogP) is 4.23. The molecule has 0 bridgehead atoms. The highest BCUT2D eigenvalue weighted by Crippen LogP contribution is 2.40. The molecule has 0 spiro atoms. The molecular weight excluding hydrogens is 423 g/mol. The fraction of sp³-hybridized carbons (Fsp3) is 0.385. The van der Waals surface area contributed by atoms with Crippen molar-refractivity contribution in [3.8, 4) is 5.75 Å². The molecule has 1 amide bonds. The quantitative estimate of drug-likeness (QED) is 0.349. The van der Waals surface area contributed by atoms with Crippen LogP contribution in [0, 0.1) is 11.7 Å². The topological polar surface area (TPSA) is 70.1 Å². The van der Waals surface area contributed by atoms with E-state index in [0.29, 0.717) is 36.8 Å². The summed E-state index contributed by atoms with van der Waals surface area (Å²) in [5, 5.41) is 11.2. The van der Waals surface area contributed by atoms with E-state index in [-0.39, 0.29) is 23.4 Å². The summed E-state index contributed by atoms with van der Waals surface area (Å²) in [6.07, 6.45) is 0.601. The molecule has 1 N–H and O–H groups in total. The van der Waals surface area contributed by atoms with E-state index >= 15 is 0 Å². The Labute approximate surface area is 194 Å². The SMILES string of the molecule is CC(C)COc1cccc(/C(O)=C2/C(=O)C(=O)N(CCCN(C)C)C2c2ccccc2F)c1. The number of ketones is 1. The van der Waals surface area contributed by atoms with Crippen LogP contribution in [0.2, 0.25) is 0 Å². The number of hydrogen-bond acceptors (Lipinski definition) is 5. The van der Waals surface area contributed by atoms with Crippen molar-refractivity contribution in [3.05, 3.63) is 71.0 Å². The monoisotopic (exact) mass is 454 g/mol. The molecular formula is C26H31FN2O4. The van der Waals surface area contributed by atoms with E-state index in [1.165, 1.54) is 11.0 Å². The van der Waals surface area contributed by atoms with Crippen LogP contribution in [0.4, 0.5) is 4.39 Å². The van der Waals surface area contributed by atoms with E-state index in [2.05, 4.69) is 0 Å². The zero-order chi connectivity index (χ0) is 24.1. The summed E-state index contributed by atoms with van der Waals surface area (Å²) in [7, 11) is 3.83. The third-order valence-corrected chi connectivity index (χ3v) is 5.43. The number of nitrogens with zero attached hydrogens (tertiary/aromatic N) is 2. The molecule has 1 unspecified atom stereocenters. The minimum atomic E-state index is -1.01. The first-order valence-electron chi connectivity index (χ1n) is 11.1. The number of aliphatic hydroxyl groups excluding tert-OH is 1. The first-order chi connectivity index (χ1) is 15.7. The maximum atomic E-state index is 14.8. The molecule has 3 rings (SSSR count). The van der Waals surface area contributed by atoms with Gasteiger partial charge in [0.05, 0.1) is 18.2 Å². The lowest BCUT2D eigenvalue weighted by atomic mass is 9.95. The Bertz CT molecular complexity index is 1050. The molecule has 0 saturated carbocycles. The van der Waals surface area contributed by atoms with Crippen molar-refractivity contribution in [2.75, 3.05) is 33.8 Å². The van der Waals surface area contributed by atoms with Gasteiger partial charge >= 0.3 is 0 Å². The minimum Gasteiger partial charge on any atom is -0.507 e. The second kappa shape index (κ2) is 10.6. The van der Waals surface area contributed by atoms with Crippen LogP contribution >= 0.6 is 0 Å². The molecule has 176 valence electrons. The van der Waals surface area contributed by atoms with Gasteiger partial charge in [-0.15, -0.1) is 0 Å². The molecule has 1 aliphatic rings. The Morgan fingerprint density at radius 2 is 1.88 bits per heavy atom. The van der Waals surface area contributed by atoms with Crippen molar-refractivity contribution in [1.29, 1.82) is 0 Å². The summed E-state index contributed by atoms with van der Waals surface area (Å²) < 4.78 is 20.6. The number of aliphatic hydroxyl groups is 1. The Hall–Kier alpha value is -3.19. The summed E-state index contributed by atoms with van der Waals surface area (Å²) in [6.45, 7) is 5.50. The van der Waals surface area contributed by atoms with Crippen LogP contribution in [-0.4, -0.2) is 60.4 Å². The number of benzene rings is 2. The van der Waals surface area contributed by atoms with Crippen LogP contribution in [-0.2, 0) is 9.59 Å². The Morgan fingerprint density at radius 3 is 2.55 bits per heavy atom. The number of ether oxygens (including phenoxy) is 1. The summed E-state index contributed by atoms with van der Waals surface area (Å²) >= 11 is 0. The summed E-state index contributed by atoms with van der Waals surface area (Å²) in [5.41, 5.74) is 0.398. The van der Waals surface area contributed by atoms with Gasteiger partial charge in [-0.1, -0.05) is 44.2 Å². The van der Waals surface area contributed by atoms with Crippen LogP contribution in [0.25, 0.3) is 5.76 Å². The molecule has 2 aromatic carbocycles. The Balaban J connectivity index is 2.06. The number of hydrogen-bond donors (Lipinski definition) is 1. The van der Waals surface area contributed by atoms with Gasteiger partial charge in [0.2, 0.25) is 0 Å². The number of rotatable bonds is 9. The first-order valence-corrected chi connectivity index (χ1v) is 11.1. The molecule has 0 aliphatic carbocycles. The van der Waals surface area contributed by atoms with Crippen LogP contribution < -0.4 is 4.74 Å². The van der Waals surface area contributed by atoms with Crippen molar-refractivity contribution in [2.45, 2.75) is 26.3 Å². The number of carbonyl (C=O) groups excluding carboxylic acids is 2. The third-order valence-electron chi connectivity index (χ3n) is 5.43. The van der Waals surface area contributed by atoms with Crippen molar-refractivity contribution in [2.24, 2.45) is 5.92 Å². The summed E-state index contributed by atoms with van der Waals surface area (Å²) in [6, 6.07) is 11.7. The average Bonchev–Trinajstić information content (AvgIpc) is 3.02. The standard InChI is InChI=1S/C26H31FN2O4/c1-17(2)16-33-19-10-7-9-18(15-19)24(30)22-23(20-11-5-6-12-21(20)27)29(26(32)25(22)31)14-8-13-28(3)4/h5-7,9-12,15,17,23,30H,8,13-14,16H2,1-4H3/b24-22-. The number of carbonyl (C=O) groups is 2. The highest BCUT2D eigenvalue weighted by molar-refractivity contribution is 6.46. The van der Waals surface area contributed by atoms with Gasteiger partial charge in [-0.2, -0.15) is 0 Å². The lowest BCUT2D eigenvalue weighted by Crippen LogP contribution is -2.32. The average molecular weight is 455 g/mol. The van der Waals surface area contributed by atoms with E-state index in [9.17, 15) is 19.1 Å². The Kier molecular flexibility index (Phi) is 7.87. The van der Waals surface area contributed by atoms with Crippen LogP contribution in [0.5, 0.6) is 5.75 Å². The van der Waals surface area contributed by atoms with E-state index in [0.717, 1.165) is 0 Å². The molecule has 1 saturated heterocycles. The molecule has 1 aliphatic heterocycles. The lowest BCUT2D eigenvalue weighted by molar-refractivity contribution is -0.140. The van der Waals surface area contributed by atoms with E-state index < -0.39 is 23.5 Å². The Morgan fingerprint density at radius 1 is 1.15 bits per heavy atom. The van der Waals surface area contributed by atoms with Crippen LogP contribution in [0.15, 0.2) is 54.1 Å². The lowest BCUT2D eigenvalue weighted by Gasteiger charge is -2.26. The van der Waals surface area contributed by atoms with E-state index in [1.807, 2.05) is 32.8 Å². The van der Waals surface area contributed by atoms with Gasteiger partial charge in [0.1, 0.15) is 17.3 Å². The van der Waals surface area contributed by atoms with Gasteiger partial charge in [-0.25, -0.2) is 4.39 Å². The molecule has 1 fully saturated rings. The second-order valence-electron chi connectivity index (χ2n) is 8.90. The largest absolute Gasteiger partial charge is 0.507 e. The second-order valence-corrected chi connectivity index (χ2v) is 8.90. The summed E-state index contributed by atoms with van der Waals surface area (Å²) in [4.78, 5) is 29.3. The van der Waals surface area contributed by atoms with Gasteiger partial charge in [0.15, 0.2) is 0 Å². The third kappa shape index (κ3) is 5.60. The maximum Gasteiger partial charge on any atom is 0.295 e. The maximum absolute atomic E-state index is 14.8. The molecule has 6 nitrogen and oxygen atoms in total. The minimum absolute atomic E-state index is 0.115. The number of likely N-dealkylation sites (tertiary alicyclic amines) is 1. The molecule has 0 aromatic heterocycles. The molecule has 7 heteroatoms. The van der Waals surface area contributed by atoms with Gasteiger partial charge in [0, 0.05) is 17.7 Å². The highest BCUT2D eigenvalue weighted by atomic mass is 19.1. The molecule has 1 atom stereocenters. The van der Waals surface area contributed by atoms with Crippen LogP contribution in [0.1, 0.15) is 37.4 Å². The van der Waals surface area contributed by atoms with Gasteiger partial charge in [0.25, 0.3) is 11.7 Å². The van der Waals surface area contributed by atoms with Crippen molar-refractivity contribution < 1.29 is 23.8 Å². The number of amides is 1. The summed E-state index contributed by atoms with van der Waals surface area (Å²) in [5.74, 6) is -1.59. The smallest absolute Gasteiger partial charge is 0.295 e. The highest BCUT2D eigenvalue weighted by Gasteiger charge is 2.46. The molecule has 33 heavy (non-hydrogen) atoms. The zero-order valence-corrected chi connectivity index (χ0v) is 19.5. The van der Waals surface area contributed by atoms with Crippen molar-refractivity contribution >= 4 is 17.4 Å². The molecule has 0 radical (unpaired) electrons. The van der Waals surface area contributed by atoms with Gasteiger partial charge in [-0.3, -0.25) is 9.59 Å².